The lowest BCUT2D eigenvalue weighted by Crippen LogP contribution is -2.43. The van der Waals surface area contributed by atoms with E-state index in [0.717, 1.165) is 19.3 Å². The molecule has 0 bridgehead atoms. The van der Waals surface area contributed by atoms with Gasteiger partial charge in [-0.1, -0.05) is 32.6 Å². The van der Waals surface area contributed by atoms with Crippen LogP contribution in [0.15, 0.2) is 24.3 Å². The highest BCUT2D eigenvalue weighted by Crippen LogP contribution is 2.24. The fourth-order valence-corrected chi connectivity index (χ4v) is 3.91. The number of carbonyl (C=O) groups is 2. The lowest BCUT2D eigenvalue weighted by atomic mass is 9.86. The van der Waals surface area contributed by atoms with Crippen LogP contribution in [-0.2, 0) is 0 Å². The van der Waals surface area contributed by atoms with Crippen LogP contribution in [0.1, 0.15) is 68.6 Å². The molecule has 5 nitrogen and oxygen atoms in total. The molecule has 3 amide bonds. The molecule has 136 valence electrons. The zero-order valence-electron chi connectivity index (χ0n) is 15.0. The third kappa shape index (κ3) is 4.97. The average molecular weight is 343 g/mol. The highest BCUT2D eigenvalue weighted by Gasteiger charge is 2.23. The molecule has 2 saturated carbocycles. The molecule has 0 aliphatic heterocycles. The average Bonchev–Trinajstić information content (AvgIpc) is 3.10. The molecule has 0 aromatic heterocycles. The highest BCUT2D eigenvalue weighted by atomic mass is 16.2. The Morgan fingerprint density at radius 1 is 0.880 bits per heavy atom. The number of rotatable bonds is 4. The SMILES string of the molecule is CC1CCCCC1NC(=O)Nc1ccc(C(=O)NC2CCCC2)cc1. The van der Waals surface area contributed by atoms with Crippen molar-refractivity contribution in [3.05, 3.63) is 29.8 Å². The van der Waals surface area contributed by atoms with E-state index in [2.05, 4.69) is 22.9 Å². The highest BCUT2D eigenvalue weighted by molar-refractivity contribution is 5.95. The Morgan fingerprint density at radius 2 is 1.52 bits per heavy atom. The smallest absolute Gasteiger partial charge is 0.319 e. The van der Waals surface area contributed by atoms with E-state index in [1.807, 2.05) is 0 Å². The van der Waals surface area contributed by atoms with Crippen molar-refractivity contribution in [1.29, 1.82) is 0 Å². The number of anilines is 1. The number of nitrogens with one attached hydrogen (secondary N) is 3. The minimum atomic E-state index is -0.165. The zero-order valence-corrected chi connectivity index (χ0v) is 15.0. The molecular weight excluding hydrogens is 314 g/mol. The summed E-state index contributed by atoms with van der Waals surface area (Å²) in [5, 5.41) is 9.02. The standard InChI is InChI=1S/C20H29N3O2/c1-14-6-2-5-9-18(14)23-20(25)22-17-12-10-15(11-13-17)19(24)21-16-7-3-4-8-16/h10-14,16,18H,2-9H2,1H3,(H,21,24)(H2,22,23,25). The summed E-state index contributed by atoms with van der Waals surface area (Å²) in [4.78, 5) is 24.4. The predicted octanol–water partition coefficient (Wildman–Crippen LogP) is 4.06. The second-order valence-corrected chi connectivity index (χ2v) is 7.50. The Balaban J connectivity index is 1.49. The Labute approximate surface area is 150 Å². The summed E-state index contributed by atoms with van der Waals surface area (Å²) in [6.45, 7) is 2.20. The molecule has 2 atom stereocenters. The Kier molecular flexibility index (Phi) is 5.95. The molecule has 2 unspecified atom stereocenters. The van der Waals surface area contributed by atoms with Crippen LogP contribution in [0, 0.1) is 5.92 Å². The van der Waals surface area contributed by atoms with E-state index in [1.165, 1.54) is 32.1 Å². The van der Waals surface area contributed by atoms with Crippen LogP contribution in [0.2, 0.25) is 0 Å². The summed E-state index contributed by atoms with van der Waals surface area (Å²) in [7, 11) is 0. The number of carbonyl (C=O) groups excluding carboxylic acids is 2. The van der Waals surface area contributed by atoms with Crippen molar-refractivity contribution in [1.82, 2.24) is 10.6 Å². The van der Waals surface area contributed by atoms with Gasteiger partial charge in [-0.25, -0.2) is 4.79 Å². The van der Waals surface area contributed by atoms with E-state index in [1.54, 1.807) is 24.3 Å². The maximum Gasteiger partial charge on any atom is 0.319 e. The maximum atomic E-state index is 12.2. The Hall–Kier alpha value is -2.04. The number of hydrogen-bond acceptors (Lipinski definition) is 2. The molecule has 0 spiro atoms. The van der Waals surface area contributed by atoms with Crippen molar-refractivity contribution in [2.24, 2.45) is 5.92 Å². The van der Waals surface area contributed by atoms with Crippen LogP contribution in [0.5, 0.6) is 0 Å². The van der Waals surface area contributed by atoms with Gasteiger partial charge in [-0.15, -0.1) is 0 Å². The number of benzene rings is 1. The van der Waals surface area contributed by atoms with Crippen LogP contribution >= 0.6 is 0 Å². The van der Waals surface area contributed by atoms with Crippen LogP contribution < -0.4 is 16.0 Å². The van der Waals surface area contributed by atoms with Crippen molar-refractivity contribution < 1.29 is 9.59 Å². The molecule has 2 aliphatic rings. The second kappa shape index (κ2) is 8.37. The molecule has 3 rings (SSSR count). The van der Waals surface area contributed by atoms with Gasteiger partial charge < -0.3 is 16.0 Å². The molecule has 3 N–H and O–H groups in total. The lowest BCUT2D eigenvalue weighted by Gasteiger charge is -2.29. The molecule has 25 heavy (non-hydrogen) atoms. The summed E-state index contributed by atoms with van der Waals surface area (Å²) in [5.74, 6) is 0.500. The van der Waals surface area contributed by atoms with Crippen molar-refractivity contribution >= 4 is 17.6 Å². The van der Waals surface area contributed by atoms with Crippen molar-refractivity contribution in [3.63, 3.8) is 0 Å². The summed E-state index contributed by atoms with van der Waals surface area (Å²) in [6, 6.07) is 7.51. The van der Waals surface area contributed by atoms with Crippen LogP contribution in [0.4, 0.5) is 10.5 Å². The first-order valence-corrected chi connectivity index (χ1v) is 9.60. The first-order valence-electron chi connectivity index (χ1n) is 9.60. The molecular formula is C20H29N3O2. The van der Waals surface area contributed by atoms with Gasteiger partial charge in [0.2, 0.25) is 0 Å². The largest absolute Gasteiger partial charge is 0.349 e. The first kappa shape index (κ1) is 17.8. The van der Waals surface area contributed by atoms with Crippen molar-refractivity contribution in [2.45, 2.75) is 70.4 Å². The minimum absolute atomic E-state index is 0.0288. The summed E-state index contributed by atoms with van der Waals surface area (Å²) in [6.07, 6.45) is 9.21. The quantitative estimate of drug-likeness (QED) is 0.771. The van der Waals surface area contributed by atoms with Gasteiger partial charge in [0.05, 0.1) is 0 Å². The maximum absolute atomic E-state index is 12.2. The van der Waals surface area contributed by atoms with E-state index < -0.39 is 0 Å². The molecule has 0 saturated heterocycles. The Morgan fingerprint density at radius 3 is 2.20 bits per heavy atom. The van der Waals surface area contributed by atoms with Gasteiger partial charge in [-0.2, -0.15) is 0 Å². The first-order chi connectivity index (χ1) is 12.1. The molecule has 2 aliphatic carbocycles. The fourth-order valence-electron chi connectivity index (χ4n) is 3.91. The van der Waals surface area contributed by atoms with E-state index in [4.69, 9.17) is 0 Å². The van der Waals surface area contributed by atoms with Crippen molar-refractivity contribution in [2.75, 3.05) is 5.32 Å². The van der Waals surface area contributed by atoms with Crippen molar-refractivity contribution in [3.8, 4) is 0 Å². The monoisotopic (exact) mass is 343 g/mol. The van der Waals surface area contributed by atoms with Gasteiger partial charge in [0.25, 0.3) is 5.91 Å². The van der Waals surface area contributed by atoms with E-state index in [0.29, 0.717) is 23.2 Å². The van der Waals surface area contributed by atoms with Crippen LogP contribution in [-0.4, -0.2) is 24.0 Å². The van der Waals surface area contributed by atoms with Gasteiger partial charge in [0, 0.05) is 23.3 Å². The molecule has 5 heteroatoms. The van der Waals surface area contributed by atoms with Crippen LogP contribution in [0.25, 0.3) is 0 Å². The van der Waals surface area contributed by atoms with E-state index in [9.17, 15) is 9.59 Å². The zero-order chi connectivity index (χ0) is 17.6. The summed E-state index contributed by atoms with van der Waals surface area (Å²) < 4.78 is 0. The molecule has 1 aromatic rings. The minimum Gasteiger partial charge on any atom is -0.349 e. The summed E-state index contributed by atoms with van der Waals surface area (Å²) in [5.41, 5.74) is 1.34. The van der Waals surface area contributed by atoms with E-state index >= 15 is 0 Å². The fraction of sp³-hybridized carbons (Fsp3) is 0.600. The number of hydrogen-bond donors (Lipinski definition) is 3. The summed E-state index contributed by atoms with van der Waals surface area (Å²) >= 11 is 0. The molecule has 0 heterocycles. The number of amides is 3. The molecule has 1 aromatic carbocycles. The van der Waals surface area contributed by atoms with E-state index in [-0.39, 0.29) is 18.0 Å². The van der Waals surface area contributed by atoms with Gasteiger partial charge >= 0.3 is 6.03 Å². The Bertz CT molecular complexity index is 593. The lowest BCUT2D eigenvalue weighted by molar-refractivity contribution is 0.0938. The van der Waals surface area contributed by atoms with Gasteiger partial charge in [-0.3, -0.25) is 4.79 Å². The molecule has 0 radical (unpaired) electrons. The van der Waals surface area contributed by atoms with Gasteiger partial charge in [-0.05, 0) is 55.9 Å². The normalized spacial score (nSPS) is 23.9. The topological polar surface area (TPSA) is 70.2 Å². The third-order valence-electron chi connectivity index (χ3n) is 5.52. The third-order valence-corrected chi connectivity index (χ3v) is 5.52. The van der Waals surface area contributed by atoms with Gasteiger partial charge in [0.1, 0.15) is 0 Å². The predicted molar refractivity (Wildman–Crippen MR) is 99.7 cm³/mol. The van der Waals surface area contributed by atoms with Crippen LogP contribution in [0.3, 0.4) is 0 Å². The second-order valence-electron chi connectivity index (χ2n) is 7.50. The molecule has 2 fully saturated rings. The van der Waals surface area contributed by atoms with Gasteiger partial charge in [0.15, 0.2) is 0 Å². The number of urea groups is 1.